The molecule has 2 rings (SSSR count). The summed E-state index contributed by atoms with van der Waals surface area (Å²) in [5, 5.41) is 8.02. The molecular weight excluding hydrogens is 353 g/mol. The van der Waals surface area contributed by atoms with Crippen LogP contribution in [0.5, 0.6) is 0 Å². The third-order valence-electron chi connectivity index (χ3n) is 2.82. The molecule has 8 heteroatoms. The molecule has 6 nitrogen and oxygen atoms in total. The van der Waals surface area contributed by atoms with Crippen LogP contribution in [-0.4, -0.2) is 17.7 Å². The molecule has 0 heterocycles. The third kappa shape index (κ3) is 4.97. The summed E-state index contributed by atoms with van der Waals surface area (Å²) in [7, 11) is 0. The van der Waals surface area contributed by atoms with E-state index < -0.39 is 11.8 Å². The van der Waals surface area contributed by atoms with Gasteiger partial charge in [0.2, 0.25) is 5.91 Å². The van der Waals surface area contributed by atoms with Crippen molar-refractivity contribution in [3.8, 4) is 0 Å². The predicted molar refractivity (Wildman–Crippen MR) is 94.5 cm³/mol. The van der Waals surface area contributed by atoms with Gasteiger partial charge in [0.1, 0.15) is 0 Å². The lowest BCUT2D eigenvalue weighted by atomic mass is 10.2. The quantitative estimate of drug-likeness (QED) is 0.727. The molecule has 0 atom stereocenters. The van der Waals surface area contributed by atoms with Crippen LogP contribution >= 0.6 is 23.2 Å². The zero-order valence-electron chi connectivity index (χ0n) is 12.5. The average molecular weight is 366 g/mol. The number of hydrogen-bond donors (Lipinski definition) is 3. The molecular formula is C16H13Cl2N3O3. The topological polar surface area (TPSA) is 87.3 Å². The minimum absolute atomic E-state index is 0.233. The molecule has 0 aliphatic carbocycles. The SMILES string of the molecule is CC(=O)Nc1cccc(NC(=O)C(=O)Nc2cc(Cl)ccc2Cl)c1. The molecule has 2 aromatic rings. The highest BCUT2D eigenvalue weighted by atomic mass is 35.5. The highest BCUT2D eigenvalue weighted by Gasteiger charge is 2.16. The number of nitrogens with one attached hydrogen (secondary N) is 3. The third-order valence-corrected chi connectivity index (χ3v) is 3.39. The zero-order valence-corrected chi connectivity index (χ0v) is 14.0. The van der Waals surface area contributed by atoms with E-state index in [9.17, 15) is 14.4 Å². The second-order valence-corrected chi connectivity index (χ2v) is 5.64. The van der Waals surface area contributed by atoms with Crippen molar-refractivity contribution < 1.29 is 14.4 Å². The van der Waals surface area contributed by atoms with Crippen molar-refractivity contribution in [1.82, 2.24) is 0 Å². The van der Waals surface area contributed by atoms with Crippen LogP contribution in [0.2, 0.25) is 10.0 Å². The van der Waals surface area contributed by atoms with Gasteiger partial charge in [0.05, 0.1) is 10.7 Å². The molecule has 0 radical (unpaired) electrons. The molecule has 0 aromatic heterocycles. The summed E-state index contributed by atoms with van der Waals surface area (Å²) in [5.41, 5.74) is 1.09. The van der Waals surface area contributed by atoms with Gasteiger partial charge in [-0.05, 0) is 36.4 Å². The van der Waals surface area contributed by atoms with Crippen LogP contribution in [0.3, 0.4) is 0 Å². The van der Waals surface area contributed by atoms with Crippen molar-refractivity contribution in [1.29, 1.82) is 0 Å². The minimum Gasteiger partial charge on any atom is -0.326 e. The van der Waals surface area contributed by atoms with Gasteiger partial charge in [0, 0.05) is 23.3 Å². The van der Waals surface area contributed by atoms with Gasteiger partial charge < -0.3 is 16.0 Å². The van der Waals surface area contributed by atoms with Crippen molar-refractivity contribution in [2.24, 2.45) is 0 Å². The van der Waals surface area contributed by atoms with E-state index >= 15 is 0 Å². The highest BCUT2D eigenvalue weighted by Crippen LogP contribution is 2.25. The summed E-state index contributed by atoms with van der Waals surface area (Å²) in [6, 6.07) is 10.9. The van der Waals surface area contributed by atoms with E-state index in [0.29, 0.717) is 16.4 Å². The molecule has 0 spiro atoms. The normalized spacial score (nSPS) is 9.96. The maximum Gasteiger partial charge on any atom is 0.314 e. The Bertz CT molecular complexity index is 809. The second-order valence-electron chi connectivity index (χ2n) is 4.79. The van der Waals surface area contributed by atoms with Crippen molar-refractivity contribution in [2.75, 3.05) is 16.0 Å². The molecule has 0 bridgehead atoms. The second kappa shape index (κ2) is 7.81. The summed E-state index contributed by atoms with van der Waals surface area (Å²) < 4.78 is 0. The molecule has 3 amide bonds. The summed E-state index contributed by atoms with van der Waals surface area (Å²) in [4.78, 5) is 34.9. The van der Waals surface area contributed by atoms with Gasteiger partial charge in [-0.2, -0.15) is 0 Å². The standard InChI is InChI=1S/C16H13Cl2N3O3/c1-9(22)19-11-3-2-4-12(8-11)20-15(23)16(24)21-14-7-10(17)5-6-13(14)18/h2-8H,1H3,(H,19,22)(H,20,23)(H,21,24). The Hall–Kier alpha value is -2.57. The van der Waals surface area contributed by atoms with E-state index in [1.54, 1.807) is 24.3 Å². The van der Waals surface area contributed by atoms with Crippen molar-refractivity contribution in [3.63, 3.8) is 0 Å². The van der Waals surface area contributed by atoms with E-state index in [-0.39, 0.29) is 16.6 Å². The van der Waals surface area contributed by atoms with E-state index in [0.717, 1.165) is 0 Å². The number of benzene rings is 2. The lowest BCUT2D eigenvalue weighted by Gasteiger charge is -2.09. The van der Waals surface area contributed by atoms with Gasteiger partial charge >= 0.3 is 11.8 Å². The summed E-state index contributed by atoms with van der Waals surface area (Å²) in [6.07, 6.45) is 0. The number of rotatable bonds is 3. The van der Waals surface area contributed by atoms with Crippen LogP contribution in [0.25, 0.3) is 0 Å². The van der Waals surface area contributed by atoms with E-state index in [1.165, 1.54) is 25.1 Å². The van der Waals surface area contributed by atoms with Gasteiger partial charge in [-0.1, -0.05) is 29.3 Å². The molecule has 0 aliphatic heterocycles. The van der Waals surface area contributed by atoms with Crippen LogP contribution in [0.1, 0.15) is 6.92 Å². The number of amides is 3. The number of carbonyl (C=O) groups is 3. The average Bonchev–Trinajstić information content (AvgIpc) is 2.50. The van der Waals surface area contributed by atoms with Crippen LogP contribution < -0.4 is 16.0 Å². The van der Waals surface area contributed by atoms with E-state index in [2.05, 4.69) is 16.0 Å². The van der Waals surface area contributed by atoms with Gasteiger partial charge in [-0.25, -0.2) is 0 Å². The fraction of sp³-hybridized carbons (Fsp3) is 0.0625. The summed E-state index contributed by atoms with van der Waals surface area (Å²) in [6.45, 7) is 1.37. The molecule has 0 saturated carbocycles. The Morgan fingerprint density at radius 3 is 2.12 bits per heavy atom. The number of halogens is 2. The Labute approximate surface area is 148 Å². The first kappa shape index (κ1) is 17.8. The summed E-state index contributed by atoms with van der Waals surface area (Å²) >= 11 is 11.8. The molecule has 0 saturated heterocycles. The lowest BCUT2D eigenvalue weighted by Crippen LogP contribution is -2.29. The highest BCUT2D eigenvalue weighted by molar-refractivity contribution is 6.45. The Balaban J connectivity index is 2.05. The van der Waals surface area contributed by atoms with Gasteiger partial charge in [-0.3, -0.25) is 14.4 Å². The number of carbonyl (C=O) groups excluding carboxylic acids is 3. The van der Waals surface area contributed by atoms with Crippen molar-refractivity contribution in [3.05, 3.63) is 52.5 Å². The van der Waals surface area contributed by atoms with Crippen LogP contribution in [0.15, 0.2) is 42.5 Å². The molecule has 124 valence electrons. The molecule has 3 N–H and O–H groups in total. The van der Waals surface area contributed by atoms with Gasteiger partial charge in [0.25, 0.3) is 0 Å². The lowest BCUT2D eigenvalue weighted by molar-refractivity contribution is -0.132. The molecule has 0 fully saturated rings. The number of hydrogen-bond acceptors (Lipinski definition) is 3. The molecule has 0 unspecified atom stereocenters. The fourth-order valence-corrected chi connectivity index (χ4v) is 2.18. The van der Waals surface area contributed by atoms with Gasteiger partial charge in [-0.15, -0.1) is 0 Å². The molecule has 24 heavy (non-hydrogen) atoms. The fourth-order valence-electron chi connectivity index (χ4n) is 1.84. The Morgan fingerprint density at radius 1 is 0.833 bits per heavy atom. The van der Waals surface area contributed by atoms with E-state index in [1.807, 2.05) is 0 Å². The Kier molecular flexibility index (Phi) is 5.78. The largest absolute Gasteiger partial charge is 0.326 e. The number of anilines is 3. The first-order valence-corrected chi connectivity index (χ1v) is 7.56. The van der Waals surface area contributed by atoms with Crippen LogP contribution in [0, 0.1) is 0 Å². The maximum absolute atomic E-state index is 12.0. The first-order valence-electron chi connectivity index (χ1n) is 6.80. The zero-order chi connectivity index (χ0) is 17.7. The van der Waals surface area contributed by atoms with Crippen molar-refractivity contribution in [2.45, 2.75) is 6.92 Å². The van der Waals surface area contributed by atoms with Gasteiger partial charge in [0.15, 0.2) is 0 Å². The van der Waals surface area contributed by atoms with E-state index in [4.69, 9.17) is 23.2 Å². The first-order chi connectivity index (χ1) is 11.3. The van der Waals surface area contributed by atoms with Crippen molar-refractivity contribution >= 4 is 58.0 Å². The monoisotopic (exact) mass is 365 g/mol. The summed E-state index contributed by atoms with van der Waals surface area (Å²) in [5.74, 6) is -2.03. The van der Waals surface area contributed by atoms with Crippen LogP contribution in [-0.2, 0) is 14.4 Å². The molecule has 2 aromatic carbocycles. The minimum atomic E-state index is -0.899. The smallest absolute Gasteiger partial charge is 0.314 e. The maximum atomic E-state index is 12.0. The predicted octanol–water partition coefficient (Wildman–Crippen LogP) is 3.53. The Morgan fingerprint density at radius 2 is 1.46 bits per heavy atom. The van der Waals surface area contributed by atoms with Crippen LogP contribution in [0.4, 0.5) is 17.1 Å². The molecule has 0 aliphatic rings.